The van der Waals surface area contributed by atoms with Crippen molar-refractivity contribution in [2.45, 2.75) is 163 Å². The maximum absolute atomic E-state index is 2.48. The second kappa shape index (κ2) is 20.8. The summed E-state index contributed by atoms with van der Waals surface area (Å²) in [5.74, 6) is 11.9. The van der Waals surface area contributed by atoms with Crippen LogP contribution in [0.3, 0.4) is 0 Å². The number of rotatable bonds is 18. The van der Waals surface area contributed by atoms with E-state index in [4.69, 9.17) is 0 Å². The van der Waals surface area contributed by atoms with E-state index in [2.05, 4.69) is 125 Å². The zero-order valence-corrected chi connectivity index (χ0v) is 30.3. The minimum absolute atomic E-state index is 0.805. The van der Waals surface area contributed by atoms with Crippen molar-refractivity contribution in [3.8, 4) is 0 Å². The predicted molar refractivity (Wildman–Crippen MR) is 179 cm³/mol. The predicted octanol–water partition coefficient (Wildman–Crippen LogP) is 13.3. The topological polar surface area (TPSA) is 0 Å². The Kier molecular flexibility index (Phi) is 22.0. The van der Waals surface area contributed by atoms with Crippen molar-refractivity contribution >= 4 is 0 Å². The third-order valence-electron chi connectivity index (χ3n) is 10.4. The fourth-order valence-electron chi connectivity index (χ4n) is 7.49. The van der Waals surface area contributed by atoms with Gasteiger partial charge in [0.05, 0.1) is 0 Å². The van der Waals surface area contributed by atoms with E-state index in [1.165, 1.54) is 38.5 Å². The molecular formula is C38H80. The van der Waals surface area contributed by atoms with Gasteiger partial charge in [0.1, 0.15) is 0 Å². The van der Waals surface area contributed by atoms with Crippen LogP contribution in [0, 0.1) is 82.9 Å². The second-order valence-electron chi connectivity index (χ2n) is 16.5. The molecule has 0 bridgehead atoms. The lowest BCUT2D eigenvalue weighted by Crippen LogP contribution is -2.30. The standard InChI is InChI=1S/C22H46.C16H34/c1-16(2)10-18(5)12-20(7)14-22(9)15-21(8)13-19(6)11-17(3)4;1-10(2)12(5)14(7)16(9)15(8)13(6)11(3)4/h16-22H,10-15H2,1-9H3;10-16H,1-9H3/t18-,19+,20+,21-,22?;. The van der Waals surface area contributed by atoms with Gasteiger partial charge < -0.3 is 0 Å². The molecule has 0 spiro atoms. The smallest absolute Gasteiger partial charge is 0.0386 e. The summed E-state index contributed by atoms with van der Waals surface area (Å²) in [5, 5.41) is 0. The Bertz CT molecular complexity index is 482. The number of hydrogen-bond acceptors (Lipinski definition) is 0. The zero-order chi connectivity index (χ0) is 30.3. The fraction of sp³-hybridized carbons (Fsp3) is 1.00. The molecule has 38 heavy (non-hydrogen) atoms. The molecule has 5 unspecified atom stereocenters. The normalized spacial score (nSPS) is 20.4. The van der Waals surface area contributed by atoms with Gasteiger partial charge in [-0.1, -0.05) is 125 Å². The first-order chi connectivity index (χ1) is 17.3. The van der Waals surface area contributed by atoms with Gasteiger partial charge in [-0.3, -0.25) is 0 Å². The average Bonchev–Trinajstić information content (AvgIpc) is 2.74. The quantitative estimate of drug-likeness (QED) is 0.163. The van der Waals surface area contributed by atoms with Gasteiger partial charge in [0.2, 0.25) is 0 Å². The molecule has 9 atom stereocenters. The zero-order valence-electron chi connectivity index (χ0n) is 30.3. The summed E-state index contributed by atoms with van der Waals surface area (Å²) in [4.78, 5) is 0. The van der Waals surface area contributed by atoms with Crippen LogP contribution in [-0.2, 0) is 0 Å². The van der Waals surface area contributed by atoms with Crippen molar-refractivity contribution in [2.75, 3.05) is 0 Å². The average molecular weight is 537 g/mol. The third-order valence-corrected chi connectivity index (χ3v) is 10.4. The van der Waals surface area contributed by atoms with Gasteiger partial charge in [-0.05, 0) is 121 Å². The SMILES string of the molecule is CC(C)C(C)C(C)C(C)C(C)C(C)C(C)C.CC(C)C[C@@H](C)C[C@H](C)CC(C)C[C@H](C)C[C@@H](C)CC(C)C. The van der Waals surface area contributed by atoms with Crippen molar-refractivity contribution in [3.05, 3.63) is 0 Å². The Morgan fingerprint density at radius 1 is 0.237 bits per heavy atom. The molecule has 0 aliphatic heterocycles. The lowest BCUT2D eigenvalue weighted by molar-refractivity contribution is 0.126. The van der Waals surface area contributed by atoms with E-state index >= 15 is 0 Å². The minimum Gasteiger partial charge on any atom is -0.0628 e. The molecule has 0 radical (unpaired) electrons. The van der Waals surface area contributed by atoms with Gasteiger partial charge >= 0.3 is 0 Å². The van der Waals surface area contributed by atoms with Crippen LogP contribution in [0.5, 0.6) is 0 Å². The summed E-state index contributed by atoms with van der Waals surface area (Å²) in [5.41, 5.74) is 0. The summed E-state index contributed by atoms with van der Waals surface area (Å²) < 4.78 is 0. The monoisotopic (exact) mass is 537 g/mol. The van der Waals surface area contributed by atoms with Crippen molar-refractivity contribution in [2.24, 2.45) is 82.9 Å². The van der Waals surface area contributed by atoms with E-state index in [-0.39, 0.29) is 0 Å². The van der Waals surface area contributed by atoms with Crippen LogP contribution in [0.15, 0.2) is 0 Å². The van der Waals surface area contributed by atoms with Crippen LogP contribution in [0.1, 0.15) is 163 Å². The molecule has 0 amide bonds. The summed E-state index contributed by atoms with van der Waals surface area (Å²) in [6.07, 6.45) is 8.46. The molecule has 0 heteroatoms. The molecule has 0 nitrogen and oxygen atoms in total. The molecule has 0 saturated heterocycles. The molecule has 0 saturated carbocycles. The van der Waals surface area contributed by atoms with Gasteiger partial charge in [-0.25, -0.2) is 0 Å². The first-order valence-electron chi connectivity index (χ1n) is 17.3. The van der Waals surface area contributed by atoms with Crippen LogP contribution in [0.2, 0.25) is 0 Å². The van der Waals surface area contributed by atoms with Gasteiger partial charge in [0.15, 0.2) is 0 Å². The van der Waals surface area contributed by atoms with E-state index in [9.17, 15) is 0 Å². The van der Waals surface area contributed by atoms with E-state index in [1.807, 2.05) is 0 Å². The first-order valence-corrected chi connectivity index (χ1v) is 17.3. The first kappa shape index (κ1) is 40.1. The molecule has 0 N–H and O–H groups in total. The van der Waals surface area contributed by atoms with Crippen LogP contribution in [-0.4, -0.2) is 0 Å². The molecule has 0 aromatic heterocycles. The fourth-order valence-corrected chi connectivity index (χ4v) is 7.49. The molecule has 232 valence electrons. The van der Waals surface area contributed by atoms with Crippen LogP contribution >= 0.6 is 0 Å². The molecule has 0 aliphatic carbocycles. The van der Waals surface area contributed by atoms with Crippen LogP contribution < -0.4 is 0 Å². The Balaban J connectivity index is 0. The van der Waals surface area contributed by atoms with E-state index in [0.717, 1.165) is 82.9 Å². The summed E-state index contributed by atoms with van der Waals surface area (Å²) in [7, 11) is 0. The van der Waals surface area contributed by atoms with E-state index in [1.54, 1.807) is 0 Å². The summed E-state index contributed by atoms with van der Waals surface area (Å²) in [6.45, 7) is 43.3. The highest BCUT2D eigenvalue weighted by molar-refractivity contribution is 4.78. The molecular weight excluding hydrogens is 456 g/mol. The van der Waals surface area contributed by atoms with Crippen LogP contribution in [0.4, 0.5) is 0 Å². The third kappa shape index (κ3) is 19.1. The van der Waals surface area contributed by atoms with Crippen molar-refractivity contribution in [1.82, 2.24) is 0 Å². The van der Waals surface area contributed by atoms with Gasteiger partial charge in [0, 0.05) is 0 Å². The Hall–Kier alpha value is 0. The molecule has 0 aromatic rings. The highest BCUT2D eigenvalue weighted by Crippen LogP contribution is 2.36. The molecule has 0 aromatic carbocycles. The Morgan fingerprint density at radius 3 is 0.605 bits per heavy atom. The van der Waals surface area contributed by atoms with Gasteiger partial charge in [-0.15, -0.1) is 0 Å². The van der Waals surface area contributed by atoms with Gasteiger partial charge in [0.25, 0.3) is 0 Å². The highest BCUT2D eigenvalue weighted by atomic mass is 14.3. The molecule has 0 aliphatic rings. The second-order valence-corrected chi connectivity index (χ2v) is 16.5. The molecule has 0 rings (SSSR count). The van der Waals surface area contributed by atoms with Crippen molar-refractivity contribution in [3.63, 3.8) is 0 Å². The summed E-state index contributed by atoms with van der Waals surface area (Å²) >= 11 is 0. The van der Waals surface area contributed by atoms with Crippen molar-refractivity contribution in [1.29, 1.82) is 0 Å². The van der Waals surface area contributed by atoms with E-state index < -0.39 is 0 Å². The highest BCUT2D eigenvalue weighted by Gasteiger charge is 2.29. The Labute approximate surface area is 245 Å². The molecule has 0 heterocycles. The Morgan fingerprint density at radius 2 is 0.421 bits per heavy atom. The van der Waals surface area contributed by atoms with Crippen LogP contribution in [0.25, 0.3) is 0 Å². The van der Waals surface area contributed by atoms with Crippen molar-refractivity contribution < 1.29 is 0 Å². The summed E-state index contributed by atoms with van der Waals surface area (Å²) in [6, 6.07) is 0. The lowest BCUT2D eigenvalue weighted by Gasteiger charge is -2.36. The molecule has 0 fully saturated rings. The van der Waals surface area contributed by atoms with Gasteiger partial charge in [-0.2, -0.15) is 0 Å². The lowest BCUT2D eigenvalue weighted by atomic mass is 9.69. The largest absolute Gasteiger partial charge is 0.0628 e. The number of hydrogen-bond donors (Lipinski definition) is 0. The maximum Gasteiger partial charge on any atom is -0.0386 e. The van der Waals surface area contributed by atoms with E-state index in [0.29, 0.717) is 0 Å². The maximum atomic E-state index is 2.48. The minimum atomic E-state index is 0.805.